The minimum absolute atomic E-state index is 0.0111. The summed E-state index contributed by atoms with van der Waals surface area (Å²) in [5.74, 6) is 0.779. The lowest BCUT2D eigenvalue weighted by Crippen LogP contribution is -2.50. The zero-order chi connectivity index (χ0) is 15.0. The molecule has 1 saturated heterocycles. The van der Waals surface area contributed by atoms with Crippen LogP contribution in [0.2, 0.25) is 0 Å². The zero-order valence-corrected chi connectivity index (χ0v) is 13.3. The predicted molar refractivity (Wildman–Crippen MR) is 76.3 cm³/mol. The van der Waals surface area contributed by atoms with Crippen LogP contribution in [0.25, 0.3) is 0 Å². The predicted octanol–water partition coefficient (Wildman–Crippen LogP) is -1.02. The van der Waals surface area contributed by atoms with Crippen LogP contribution in [0.1, 0.15) is 5.56 Å². The lowest BCUT2D eigenvalue weighted by Gasteiger charge is -2.32. The van der Waals surface area contributed by atoms with Crippen LogP contribution in [-0.4, -0.2) is 61.0 Å². The minimum Gasteiger partial charge on any atom is -0.326 e. The Kier molecular flexibility index (Phi) is 4.44. The van der Waals surface area contributed by atoms with E-state index in [1.807, 2.05) is 0 Å². The Morgan fingerprint density at radius 3 is 2.80 bits per heavy atom. The highest BCUT2D eigenvalue weighted by Crippen LogP contribution is 2.27. The standard InChI is InChI=1S/C9H16N4O4S3/c1-19(14,15)8-6-18-3-2-13(8)20(16,17)9-7(4-10)5-11-12-9/h5,8H,2-4,6,10H2,1H3,(H,11,12). The first-order valence-electron chi connectivity index (χ1n) is 5.79. The molecule has 1 aliphatic rings. The van der Waals surface area contributed by atoms with Crippen molar-refractivity contribution in [3.63, 3.8) is 0 Å². The maximum absolute atomic E-state index is 12.6. The molecule has 0 spiro atoms. The minimum atomic E-state index is -3.95. The molecule has 2 heterocycles. The van der Waals surface area contributed by atoms with Crippen LogP contribution in [0.15, 0.2) is 11.2 Å². The fraction of sp³-hybridized carbons (Fsp3) is 0.667. The Bertz CT molecular complexity index is 682. The number of rotatable bonds is 4. The molecule has 1 aromatic heterocycles. The van der Waals surface area contributed by atoms with Gasteiger partial charge in [0.25, 0.3) is 10.0 Å². The van der Waals surface area contributed by atoms with E-state index in [0.717, 1.165) is 10.6 Å². The van der Waals surface area contributed by atoms with Gasteiger partial charge in [-0.25, -0.2) is 16.8 Å². The van der Waals surface area contributed by atoms with Crippen molar-refractivity contribution >= 4 is 31.6 Å². The summed E-state index contributed by atoms with van der Waals surface area (Å²) in [5.41, 5.74) is 5.82. The van der Waals surface area contributed by atoms with Gasteiger partial charge in [0.2, 0.25) is 0 Å². The number of hydrogen-bond acceptors (Lipinski definition) is 7. The Balaban J connectivity index is 2.47. The second-order valence-electron chi connectivity index (χ2n) is 4.40. The number of H-pyrrole nitrogens is 1. The second-order valence-corrected chi connectivity index (χ2v) is 9.58. The van der Waals surface area contributed by atoms with Gasteiger partial charge >= 0.3 is 0 Å². The van der Waals surface area contributed by atoms with Gasteiger partial charge in [0.15, 0.2) is 14.9 Å². The summed E-state index contributed by atoms with van der Waals surface area (Å²) in [6, 6.07) is 0. The molecule has 1 unspecified atom stereocenters. The van der Waals surface area contributed by atoms with E-state index in [0.29, 0.717) is 11.3 Å². The first-order chi connectivity index (χ1) is 9.28. The van der Waals surface area contributed by atoms with Gasteiger partial charge in [-0.05, 0) is 0 Å². The van der Waals surface area contributed by atoms with Crippen molar-refractivity contribution in [3.05, 3.63) is 11.8 Å². The van der Waals surface area contributed by atoms with E-state index in [-0.39, 0.29) is 23.9 Å². The maximum Gasteiger partial charge on any atom is 0.261 e. The molecule has 20 heavy (non-hydrogen) atoms. The fourth-order valence-electron chi connectivity index (χ4n) is 1.96. The molecule has 11 heteroatoms. The first kappa shape index (κ1) is 15.8. The quantitative estimate of drug-likeness (QED) is 0.718. The normalized spacial score (nSPS) is 22.0. The average Bonchev–Trinajstić information content (AvgIpc) is 2.86. The SMILES string of the molecule is CS(=O)(=O)C1CSCCN1S(=O)(=O)c1[nH]ncc1CN. The highest BCUT2D eigenvalue weighted by Gasteiger charge is 2.40. The molecule has 1 aliphatic heterocycles. The topological polar surface area (TPSA) is 126 Å². The molecule has 0 amide bonds. The van der Waals surface area contributed by atoms with Crippen molar-refractivity contribution in [2.45, 2.75) is 16.9 Å². The Labute approximate surface area is 122 Å². The largest absolute Gasteiger partial charge is 0.326 e. The molecule has 8 nitrogen and oxygen atoms in total. The smallest absolute Gasteiger partial charge is 0.261 e. The Hall–Kier alpha value is -0.620. The summed E-state index contributed by atoms with van der Waals surface area (Å²) in [6.07, 6.45) is 2.38. The number of aromatic amines is 1. The van der Waals surface area contributed by atoms with Gasteiger partial charge in [0.05, 0.1) is 6.20 Å². The third-order valence-corrected chi connectivity index (χ3v) is 7.70. The Morgan fingerprint density at radius 1 is 1.50 bits per heavy atom. The summed E-state index contributed by atoms with van der Waals surface area (Å²) in [4.78, 5) is 0. The number of nitrogens with two attached hydrogens (primary N) is 1. The van der Waals surface area contributed by atoms with Crippen molar-refractivity contribution in [1.29, 1.82) is 0 Å². The highest BCUT2D eigenvalue weighted by atomic mass is 32.2. The number of aromatic nitrogens is 2. The van der Waals surface area contributed by atoms with Gasteiger partial charge in [0.1, 0.15) is 5.37 Å². The summed E-state index contributed by atoms with van der Waals surface area (Å²) in [6.45, 7) is 0.158. The molecule has 1 atom stereocenters. The van der Waals surface area contributed by atoms with Crippen LogP contribution in [0.5, 0.6) is 0 Å². The molecule has 1 aromatic rings. The van der Waals surface area contributed by atoms with Crippen molar-refractivity contribution < 1.29 is 16.8 Å². The van der Waals surface area contributed by atoms with Crippen LogP contribution < -0.4 is 5.73 Å². The van der Waals surface area contributed by atoms with E-state index in [4.69, 9.17) is 5.73 Å². The molecular formula is C9H16N4O4S3. The first-order valence-corrected chi connectivity index (χ1v) is 10.3. The van der Waals surface area contributed by atoms with Crippen molar-refractivity contribution in [2.75, 3.05) is 24.3 Å². The number of sulfone groups is 1. The van der Waals surface area contributed by atoms with Crippen molar-refractivity contribution in [3.8, 4) is 0 Å². The van der Waals surface area contributed by atoms with Crippen molar-refractivity contribution in [1.82, 2.24) is 14.5 Å². The molecule has 3 N–H and O–H groups in total. The monoisotopic (exact) mass is 340 g/mol. The molecule has 0 radical (unpaired) electrons. The van der Waals surface area contributed by atoms with Crippen LogP contribution in [0, 0.1) is 0 Å². The van der Waals surface area contributed by atoms with Crippen LogP contribution in [0.4, 0.5) is 0 Å². The highest BCUT2D eigenvalue weighted by molar-refractivity contribution is 8.01. The Morgan fingerprint density at radius 2 is 2.20 bits per heavy atom. The van der Waals surface area contributed by atoms with E-state index < -0.39 is 25.2 Å². The number of sulfonamides is 1. The van der Waals surface area contributed by atoms with E-state index >= 15 is 0 Å². The van der Waals surface area contributed by atoms with Gasteiger partial charge in [-0.1, -0.05) is 0 Å². The van der Waals surface area contributed by atoms with Crippen molar-refractivity contribution in [2.24, 2.45) is 5.73 Å². The molecule has 0 aromatic carbocycles. The summed E-state index contributed by atoms with van der Waals surface area (Å²) in [5, 5.41) is 4.90. The van der Waals surface area contributed by atoms with E-state index in [9.17, 15) is 16.8 Å². The second kappa shape index (κ2) is 5.64. The molecule has 0 saturated carbocycles. The van der Waals surface area contributed by atoms with Gasteiger partial charge in [0, 0.05) is 36.4 Å². The number of thioether (sulfide) groups is 1. The van der Waals surface area contributed by atoms with Gasteiger partial charge < -0.3 is 5.73 Å². The molecule has 0 aliphatic carbocycles. The van der Waals surface area contributed by atoms with Gasteiger partial charge in [-0.15, -0.1) is 0 Å². The summed E-state index contributed by atoms with van der Waals surface area (Å²) in [7, 11) is -7.46. The summed E-state index contributed by atoms with van der Waals surface area (Å²) < 4.78 is 49.8. The van der Waals surface area contributed by atoms with Gasteiger partial charge in [-0.3, -0.25) is 5.10 Å². The third-order valence-electron chi connectivity index (χ3n) is 3.00. The fourth-order valence-corrected chi connectivity index (χ4v) is 7.25. The molecular weight excluding hydrogens is 324 g/mol. The van der Waals surface area contributed by atoms with Gasteiger partial charge in [-0.2, -0.15) is 21.2 Å². The molecule has 114 valence electrons. The maximum atomic E-state index is 12.6. The lowest BCUT2D eigenvalue weighted by atomic mass is 10.4. The summed E-state index contributed by atoms with van der Waals surface area (Å²) >= 11 is 1.42. The van der Waals surface area contributed by atoms with E-state index in [1.165, 1.54) is 18.0 Å². The average molecular weight is 340 g/mol. The third kappa shape index (κ3) is 2.86. The number of nitrogens with zero attached hydrogens (tertiary/aromatic N) is 2. The van der Waals surface area contributed by atoms with Crippen LogP contribution in [0.3, 0.4) is 0 Å². The zero-order valence-electron chi connectivity index (χ0n) is 10.8. The number of hydrogen-bond donors (Lipinski definition) is 2. The molecule has 1 fully saturated rings. The van der Waals surface area contributed by atoms with Crippen LogP contribution >= 0.6 is 11.8 Å². The van der Waals surface area contributed by atoms with E-state index in [1.54, 1.807) is 0 Å². The van der Waals surface area contributed by atoms with E-state index in [2.05, 4.69) is 10.2 Å². The lowest BCUT2D eigenvalue weighted by molar-refractivity contribution is 0.402. The number of nitrogens with one attached hydrogen (secondary N) is 1. The van der Waals surface area contributed by atoms with Crippen LogP contribution in [-0.2, 0) is 26.4 Å². The molecule has 0 bridgehead atoms. The molecule has 2 rings (SSSR count).